The molecule has 2 heterocycles. The van der Waals surface area contributed by atoms with Gasteiger partial charge in [-0.3, -0.25) is 0 Å². The van der Waals surface area contributed by atoms with Gasteiger partial charge in [0.05, 0.1) is 27.8 Å². The first-order valence-electron chi connectivity index (χ1n) is 8.37. The molecule has 0 radical (unpaired) electrons. The van der Waals surface area contributed by atoms with Gasteiger partial charge in [-0.15, -0.1) is 0 Å². The normalized spacial score (nSPS) is 10.9. The highest BCUT2D eigenvalue weighted by Gasteiger charge is 2.12. The second-order valence-corrected chi connectivity index (χ2v) is 6.91. The number of aryl methyl sites for hydroxylation is 1. The largest absolute Gasteiger partial charge is 0.323 e. The number of rotatable bonds is 4. The Bertz CT molecular complexity index is 1160. The van der Waals surface area contributed by atoms with Crippen LogP contribution >= 0.6 is 23.2 Å². The van der Waals surface area contributed by atoms with Crippen LogP contribution in [0.5, 0.6) is 0 Å². The summed E-state index contributed by atoms with van der Waals surface area (Å²) in [5, 5.41) is 8.57. The second-order valence-electron chi connectivity index (χ2n) is 6.07. The van der Waals surface area contributed by atoms with E-state index in [4.69, 9.17) is 23.2 Å². The molecule has 5 nitrogen and oxygen atoms in total. The lowest BCUT2D eigenvalue weighted by Gasteiger charge is -2.08. The molecule has 0 atom stereocenters. The van der Waals surface area contributed by atoms with Crippen LogP contribution in [0.3, 0.4) is 0 Å². The Morgan fingerprint density at radius 3 is 2.71 bits per heavy atom. The summed E-state index contributed by atoms with van der Waals surface area (Å²) in [4.78, 5) is 8.79. The van der Waals surface area contributed by atoms with Crippen LogP contribution in [0.2, 0.25) is 10.0 Å². The molecule has 4 rings (SSSR count). The Morgan fingerprint density at radius 1 is 1.07 bits per heavy atom. The van der Waals surface area contributed by atoms with Gasteiger partial charge in [-0.2, -0.15) is 5.10 Å². The molecular formula is C20H14Cl2FN5. The predicted octanol–water partition coefficient (Wildman–Crippen LogP) is 5.83. The van der Waals surface area contributed by atoms with Crippen LogP contribution in [0.15, 0.2) is 60.9 Å². The van der Waals surface area contributed by atoms with Gasteiger partial charge in [0.15, 0.2) is 0 Å². The van der Waals surface area contributed by atoms with Gasteiger partial charge in [0.2, 0.25) is 5.95 Å². The van der Waals surface area contributed by atoms with E-state index in [1.165, 1.54) is 12.1 Å². The third-order valence-electron chi connectivity index (χ3n) is 4.08. The number of hydrogen-bond donors (Lipinski definition) is 1. The maximum Gasteiger partial charge on any atom is 0.227 e. The van der Waals surface area contributed by atoms with Crippen LogP contribution in [-0.4, -0.2) is 19.7 Å². The third kappa shape index (κ3) is 3.83. The van der Waals surface area contributed by atoms with Gasteiger partial charge in [-0.05, 0) is 49.4 Å². The summed E-state index contributed by atoms with van der Waals surface area (Å²) >= 11 is 12.1. The van der Waals surface area contributed by atoms with Crippen molar-refractivity contribution in [3.05, 3.63) is 82.5 Å². The molecular weight excluding hydrogens is 400 g/mol. The number of anilines is 2. The van der Waals surface area contributed by atoms with Crippen LogP contribution in [0, 0.1) is 12.7 Å². The molecule has 0 bridgehead atoms. The summed E-state index contributed by atoms with van der Waals surface area (Å²) in [7, 11) is 0. The van der Waals surface area contributed by atoms with E-state index in [1.54, 1.807) is 47.3 Å². The molecule has 0 saturated carbocycles. The lowest BCUT2D eigenvalue weighted by Crippen LogP contribution is -1.98. The maximum absolute atomic E-state index is 13.5. The van der Waals surface area contributed by atoms with Crippen molar-refractivity contribution >= 4 is 34.8 Å². The zero-order valence-electron chi connectivity index (χ0n) is 14.7. The maximum atomic E-state index is 13.5. The first kappa shape index (κ1) is 18.4. The Labute approximate surface area is 170 Å². The number of benzene rings is 2. The van der Waals surface area contributed by atoms with Gasteiger partial charge < -0.3 is 5.32 Å². The fourth-order valence-corrected chi connectivity index (χ4v) is 3.20. The smallest absolute Gasteiger partial charge is 0.227 e. The molecule has 1 N–H and O–H groups in total. The quantitative estimate of drug-likeness (QED) is 0.457. The van der Waals surface area contributed by atoms with Crippen LogP contribution in [-0.2, 0) is 0 Å². The van der Waals surface area contributed by atoms with E-state index in [0.717, 1.165) is 11.3 Å². The molecule has 4 aromatic rings. The third-order valence-corrected chi connectivity index (χ3v) is 4.63. The molecule has 0 fully saturated rings. The molecule has 2 aromatic heterocycles. The van der Waals surface area contributed by atoms with Crippen molar-refractivity contribution in [2.75, 3.05) is 5.32 Å². The highest BCUT2D eigenvalue weighted by molar-refractivity contribution is 6.36. The lowest BCUT2D eigenvalue weighted by atomic mass is 10.2. The van der Waals surface area contributed by atoms with E-state index >= 15 is 0 Å². The van der Waals surface area contributed by atoms with Crippen LogP contribution in [0.4, 0.5) is 16.0 Å². The highest BCUT2D eigenvalue weighted by atomic mass is 35.5. The predicted molar refractivity (Wildman–Crippen MR) is 109 cm³/mol. The van der Waals surface area contributed by atoms with E-state index in [0.29, 0.717) is 33.1 Å². The highest BCUT2D eigenvalue weighted by Crippen LogP contribution is 2.28. The summed E-state index contributed by atoms with van der Waals surface area (Å²) in [6, 6.07) is 13.2. The fourth-order valence-electron chi connectivity index (χ4n) is 2.74. The number of nitrogens with one attached hydrogen (secondary N) is 1. The number of nitrogens with zero attached hydrogens (tertiary/aromatic N) is 4. The van der Waals surface area contributed by atoms with Gasteiger partial charge in [0.25, 0.3) is 0 Å². The fraction of sp³-hybridized carbons (Fsp3) is 0.0500. The van der Waals surface area contributed by atoms with Crippen molar-refractivity contribution in [2.24, 2.45) is 0 Å². The van der Waals surface area contributed by atoms with Crippen LogP contribution in [0.25, 0.3) is 16.9 Å². The summed E-state index contributed by atoms with van der Waals surface area (Å²) in [6.45, 7) is 1.87. The van der Waals surface area contributed by atoms with E-state index in [2.05, 4.69) is 20.4 Å². The summed E-state index contributed by atoms with van der Waals surface area (Å²) in [5.41, 5.74) is 3.54. The zero-order valence-corrected chi connectivity index (χ0v) is 16.2. The first-order chi connectivity index (χ1) is 13.5. The molecule has 0 unspecified atom stereocenters. The summed E-state index contributed by atoms with van der Waals surface area (Å²) in [6.07, 6.45) is 3.46. The van der Waals surface area contributed by atoms with Crippen molar-refractivity contribution in [3.8, 4) is 16.9 Å². The van der Waals surface area contributed by atoms with Crippen molar-refractivity contribution in [2.45, 2.75) is 6.92 Å². The van der Waals surface area contributed by atoms with Crippen LogP contribution in [0.1, 0.15) is 5.69 Å². The Balaban J connectivity index is 1.66. The van der Waals surface area contributed by atoms with Crippen LogP contribution < -0.4 is 5.32 Å². The first-order valence-corrected chi connectivity index (χ1v) is 9.13. The monoisotopic (exact) mass is 413 g/mol. The minimum absolute atomic E-state index is 0.319. The van der Waals surface area contributed by atoms with Crippen molar-refractivity contribution < 1.29 is 4.39 Å². The molecule has 2 aromatic carbocycles. The molecule has 0 aliphatic rings. The topological polar surface area (TPSA) is 55.6 Å². The molecule has 8 heteroatoms. The number of hydrogen-bond acceptors (Lipinski definition) is 4. The molecule has 0 aliphatic carbocycles. The van der Waals surface area contributed by atoms with E-state index in [9.17, 15) is 4.39 Å². The van der Waals surface area contributed by atoms with Gasteiger partial charge in [-0.25, -0.2) is 19.0 Å². The summed E-state index contributed by atoms with van der Waals surface area (Å²) < 4.78 is 15.1. The average molecular weight is 414 g/mol. The minimum atomic E-state index is -0.319. The van der Waals surface area contributed by atoms with Gasteiger partial charge in [0, 0.05) is 23.0 Å². The molecule has 28 heavy (non-hydrogen) atoms. The SMILES string of the molecule is Cc1nn(-c2cccc(F)c2)cc1-c1ccnc(Nc2ccc(Cl)cc2Cl)n1. The van der Waals surface area contributed by atoms with E-state index in [1.807, 2.05) is 13.1 Å². The Hall–Kier alpha value is -2.96. The molecule has 0 saturated heterocycles. The van der Waals surface area contributed by atoms with Gasteiger partial charge >= 0.3 is 0 Å². The zero-order chi connectivity index (χ0) is 19.7. The second kappa shape index (κ2) is 7.58. The van der Waals surface area contributed by atoms with Crippen molar-refractivity contribution in [1.82, 2.24) is 19.7 Å². The van der Waals surface area contributed by atoms with Crippen molar-refractivity contribution in [3.63, 3.8) is 0 Å². The Morgan fingerprint density at radius 2 is 1.93 bits per heavy atom. The van der Waals surface area contributed by atoms with E-state index < -0.39 is 0 Å². The van der Waals surface area contributed by atoms with Crippen molar-refractivity contribution in [1.29, 1.82) is 0 Å². The molecule has 0 spiro atoms. The average Bonchev–Trinajstić information content (AvgIpc) is 3.06. The molecule has 0 amide bonds. The number of aromatic nitrogens is 4. The van der Waals surface area contributed by atoms with E-state index in [-0.39, 0.29) is 5.82 Å². The standard InChI is InChI=1S/C20H14Cl2FN5/c1-12-16(11-28(27-12)15-4-2-3-14(23)10-15)18-7-8-24-20(25-18)26-19-6-5-13(21)9-17(19)22/h2-11H,1H3,(H,24,25,26). The summed E-state index contributed by atoms with van der Waals surface area (Å²) in [5.74, 6) is 0.0696. The molecule has 140 valence electrons. The lowest BCUT2D eigenvalue weighted by molar-refractivity contribution is 0.625. The Kier molecular flexibility index (Phi) is 4.98. The number of halogens is 3. The van der Waals surface area contributed by atoms with Gasteiger partial charge in [0.1, 0.15) is 5.82 Å². The minimum Gasteiger partial charge on any atom is -0.323 e. The molecule has 0 aliphatic heterocycles. The van der Waals surface area contributed by atoms with Gasteiger partial charge in [-0.1, -0.05) is 29.3 Å².